The topological polar surface area (TPSA) is 51.0 Å². The third-order valence-corrected chi connectivity index (χ3v) is 3.51. The summed E-state index contributed by atoms with van der Waals surface area (Å²) >= 11 is 1.80. The number of hydrogen-bond donors (Lipinski definition) is 1. The minimum absolute atomic E-state index is 0.436. The molecule has 0 aliphatic carbocycles. The second-order valence-corrected chi connectivity index (χ2v) is 5.61. The summed E-state index contributed by atoms with van der Waals surface area (Å²) in [7, 11) is 0. The standard InChI is InChI=1S/C13H19N3OS/c1-10(2)14-9-12-15-13(17-16-12)7-3-5-11-6-4-8-18-11/h4,6,8,10,14H,3,5,7,9H2,1-2H3. The molecule has 0 atom stereocenters. The van der Waals surface area contributed by atoms with Crippen LogP contribution in [-0.4, -0.2) is 16.2 Å². The van der Waals surface area contributed by atoms with E-state index < -0.39 is 0 Å². The van der Waals surface area contributed by atoms with Gasteiger partial charge in [-0.3, -0.25) is 0 Å². The van der Waals surface area contributed by atoms with Gasteiger partial charge in [-0.25, -0.2) is 0 Å². The zero-order valence-corrected chi connectivity index (χ0v) is 11.7. The van der Waals surface area contributed by atoms with Crippen LogP contribution in [0.4, 0.5) is 0 Å². The summed E-state index contributed by atoms with van der Waals surface area (Å²) in [5, 5.41) is 9.34. The number of nitrogens with zero attached hydrogens (tertiary/aromatic N) is 2. The second-order valence-electron chi connectivity index (χ2n) is 4.57. The molecule has 18 heavy (non-hydrogen) atoms. The summed E-state index contributed by atoms with van der Waals surface area (Å²) in [5.74, 6) is 1.49. The van der Waals surface area contributed by atoms with E-state index in [1.165, 1.54) is 4.88 Å². The van der Waals surface area contributed by atoms with Crippen molar-refractivity contribution in [2.45, 2.75) is 45.7 Å². The maximum Gasteiger partial charge on any atom is 0.226 e. The molecule has 0 aliphatic heterocycles. The van der Waals surface area contributed by atoms with Crippen LogP contribution in [0.5, 0.6) is 0 Å². The fourth-order valence-corrected chi connectivity index (χ4v) is 2.38. The molecule has 2 aromatic rings. The van der Waals surface area contributed by atoms with Gasteiger partial charge in [0.25, 0.3) is 0 Å². The lowest BCUT2D eigenvalue weighted by Gasteiger charge is -2.03. The molecular formula is C13H19N3OS. The predicted octanol–water partition coefficient (Wildman–Crippen LogP) is 2.80. The number of aryl methyl sites for hydroxylation is 2. The average Bonchev–Trinajstić information content (AvgIpc) is 2.97. The first-order valence-electron chi connectivity index (χ1n) is 6.31. The molecule has 0 spiro atoms. The van der Waals surface area contributed by atoms with Gasteiger partial charge >= 0.3 is 0 Å². The van der Waals surface area contributed by atoms with Crippen LogP contribution < -0.4 is 5.32 Å². The van der Waals surface area contributed by atoms with E-state index in [-0.39, 0.29) is 0 Å². The van der Waals surface area contributed by atoms with Crippen molar-refractivity contribution < 1.29 is 4.52 Å². The third-order valence-electron chi connectivity index (χ3n) is 2.57. The first kappa shape index (κ1) is 13.2. The molecule has 0 saturated carbocycles. The Kier molecular flexibility index (Phi) is 4.90. The number of hydrogen-bond acceptors (Lipinski definition) is 5. The van der Waals surface area contributed by atoms with Crippen molar-refractivity contribution in [2.24, 2.45) is 0 Å². The van der Waals surface area contributed by atoms with Crippen LogP contribution in [0.1, 0.15) is 36.9 Å². The molecule has 0 amide bonds. The van der Waals surface area contributed by atoms with Gasteiger partial charge in [0.2, 0.25) is 5.89 Å². The minimum atomic E-state index is 0.436. The summed E-state index contributed by atoms with van der Waals surface area (Å²) < 4.78 is 5.22. The summed E-state index contributed by atoms with van der Waals surface area (Å²) in [5.41, 5.74) is 0. The van der Waals surface area contributed by atoms with Crippen LogP contribution in [0.3, 0.4) is 0 Å². The molecule has 0 radical (unpaired) electrons. The van der Waals surface area contributed by atoms with Crippen LogP contribution in [0.25, 0.3) is 0 Å². The Labute approximate surface area is 111 Å². The van der Waals surface area contributed by atoms with E-state index in [0.717, 1.165) is 31.0 Å². The highest BCUT2D eigenvalue weighted by molar-refractivity contribution is 7.09. The summed E-state index contributed by atoms with van der Waals surface area (Å²) in [6.45, 7) is 4.87. The predicted molar refractivity (Wildman–Crippen MR) is 72.6 cm³/mol. The van der Waals surface area contributed by atoms with Crippen molar-refractivity contribution in [1.29, 1.82) is 0 Å². The Morgan fingerprint density at radius 2 is 2.28 bits per heavy atom. The maximum absolute atomic E-state index is 5.22. The largest absolute Gasteiger partial charge is 0.339 e. The smallest absolute Gasteiger partial charge is 0.226 e. The molecule has 0 bridgehead atoms. The van der Waals surface area contributed by atoms with Gasteiger partial charge in [-0.2, -0.15) is 4.98 Å². The van der Waals surface area contributed by atoms with Gasteiger partial charge in [-0.1, -0.05) is 25.1 Å². The zero-order valence-electron chi connectivity index (χ0n) is 10.8. The highest BCUT2D eigenvalue weighted by atomic mass is 32.1. The van der Waals surface area contributed by atoms with Crippen molar-refractivity contribution in [3.8, 4) is 0 Å². The van der Waals surface area contributed by atoms with Crippen molar-refractivity contribution >= 4 is 11.3 Å². The fraction of sp³-hybridized carbons (Fsp3) is 0.538. The normalized spacial score (nSPS) is 11.3. The number of nitrogens with one attached hydrogen (secondary N) is 1. The molecule has 0 fully saturated rings. The Hall–Kier alpha value is -1.20. The van der Waals surface area contributed by atoms with Crippen molar-refractivity contribution in [3.05, 3.63) is 34.1 Å². The Morgan fingerprint density at radius 1 is 1.39 bits per heavy atom. The third kappa shape index (κ3) is 4.23. The van der Waals surface area contributed by atoms with E-state index in [1.54, 1.807) is 11.3 Å². The molecule has 98 valence electrons. The molecule has 0 saturated heterocycles. The van der Waals surface area contributed by atoms with Crippen LogP contribution >= 0.6 is 11.3 Å². The molecule has 0 aromatic carbocycles. The molecule has 0 aliphatic rings. The molecule has 5 heteroatoms. The van der Waals surface area contributed by atoms with Crippen LogP contribution in [0.2, 0.25) is 0 Å². The van der Waals surface area contributed by atoms with E-state index in [0.29, 0.717) is 12.6 Å². The Balaban J connectivity index is 1.73. The lowest BCUT2D eigenvalue weighted by Crippen LogP contribution is -2.22. The van der Waals surface area contributed by atoms with Gasteiger partial charge in [-0.05, 0) is 24.3 Å². The zero-order chi connectivity index (χ0) is 12.8. The van der Waals surface area contributed by atoms with Gasteiger partial charge < -0.3 is 9.84 Å². The number of thiophene rings is 1. The summed E-state index contributed by atoms with van der Waals surface area (Å²) in [6.07, 6.45) is 2.99. The molecule has 0 unspecified atom stereocenters. The van der Waals surface area contributed by atoms with Gasteiger partial charge in [0.05, 0.1) is 6.54 Å². The second kappa shape index (κ2) is 6.66. The number of rotatable bonds is 7. The van der Waals surface area contributed by atoms with Crippen molar-refractivity contribution in [1.82, 2.24) is 15.5 Å². The molecule has 2 aromatic heterocycles. The SMILES string of the molecule is CC(C)NCc1noc(CCCc2cccs2)n1. The van der Waals surface area contributed by atoms with E-state index in [9.17, 15) is 0 Å². The summed E-state index contributed by atoms with van der Waals surface area (Å²) in [6, 6.07) is 4.68. The average molecular weight is 265 g/mol. The molecule has 4 nitrogen and oxygen atoms in total. The Bertz CT molecular complexity index is 451. The minimum Gasteiger partial charge on any atom is -0.339 e. The summed E-state index contributed by atoms with van der Waals surface area (Å²) in [4.78, 5) is 5.78. The lowest BCUT2D eigenvalue weighted by atomic mass is 10.2. The monoisotopic (exact) mass is 265 g/mol. The quantitative estimate of drug-likeness (QED) is 0.836. The molecular weight excluding hydrogens is 246 g/mol. The van der Waals surface area contributed by atoms with Crippen LogP contribution in [0.15, 0.2) is 22.0 Å². The van der Waals surface area contributed by atoms with Gasteiger partial charge in [0.15, 0.2) is 5.82 Å². The molecule has 1 N–H and O–H groups in total. The fourth-order valence-electron chi connectivity index (χ4n) is 1.63. The maximum atomic E-state index is 5.22. The van der Waals surface area contributed by atoms with E-state index in [2.05, 4.69) is 46.8 Å². The van der Waals surface area contributed by atoms with E-state index in [1.807, 2.05) is 0 Å². The highest BCUT2D eigenvalue weighted by Gasteiger charge is 2.06. The Morgan fingerprint density at radius 3 is 3.00 bits per heavy atom. The molecule has 2 heterocycles. The van der Waals surface area contributed by atoms with Gasteiger partial charge in [-0.15, -0.1) is 11.3 Å². The molecule has 2 rings (SSSR count). The van der Waals surface area contributed by atoms with Gasteiger partial charge in [0.1, 0.15) is 0 Å². The van der Waals surface area contributed by atoms with Crippen LogP contribution in [-0.2, 0) is 19.4 Å². The number of aromatic nitrogens is 2. The first-order valence-corrected chi connectivity index (χ1v) is 7.19. The van der Waals surface area contributed by atoms with E-state index >= 15 is 0 Å². The lowest BCUT2D eigenvalue weighted by molar-refractivity contribution is 0.368. The highest BCUT2D eigenvalue weighted by Crippen LogP contribution is 2.12. The van der Waals surface area contributed by atoms with E-state index in [4.69, 9.17) is 4.52 Å². The first-order chi connectivity index (χ1) is 8.74. The van der Waals surface area contributed by atoms with Crippen molar-refractivity contribution in [2.75, 3.05) is 0 Å². The van der Waals surface area contributed by atoms with Crippen molar-refractivity contribution in [3.63, 3.8) is 0 Å². The van der Waals surface area contributed by atoms with Gasteiger partial charge in [0, 0.05) is 17.3 Å². The van der Waals surface area contributed by atoms with Crippen LogP contribution in [0, 0.1) is 0 Å².